The van der Waals surface area contributed by atoms with Crippen LogP contribution < -0.4 is 10.6 Å². The van der Waals surface area contributed by atoms with Gasteiger partial charge in [-0.25, -0.2) is 4.79 Å². The van der Waals surface area contributed by atoms with Gasteiger partial charge in [0.15, 0.2) is 0 Å². The first-order valence-electron chi connectivity index (χ1n) is 12.6. The molecule has 0 saturated carbocycles. The maximum Gasteiger partial charge on any atom is 0.407 e. The van der Waals surface area contributed by atoms with Gasteiger partial charge in [0.1, 0.15) is 27.5 Å². The third-order valence-corrected chi connectivity index (χ3v) is 9.51. The van der Waals surface area contributed by atoms with Gasteiger partial charge in [-0.15, -0.1) is 28.6 Å². The van der Waals surface area contributed by atoms with E-state index in [0.717, 1.165) is 36.8 Å². The third kappa shape index (κ3) is 6.63. The maximum atomic E-state index is 12.9. The number of aromatic nitrogens is 3. The van der Waals surface area contributed by atoms with Gasteiger partial charge in [-0.2, -0.15) is 10.3 Å². The summed E-state index contributed by atoms with van der Waals surface area (Å²) < 4.78 is 5.30. The standard InChI is InChI=1S/C24H34N6O6S2/c1-23(2,3)36-22(35)25-9-15-7-5-4-6-14(15)8-16(31)27-18-19(32)30-11-24(21(33)34,13-38-20(18)30)12-37-17-10-26-29-28-17/h10,18,20H,4-9,11-13H2,1-3H3,(H,25,35)(H,27,31)(H,33,34)(H,26,28,29)/t18?,20-,24?/m1/s1. The number of ether oxygens (including phenoxy) is 1. The highest BCUT2D eigenvalue weighted by molar-refractivity contribution is 8.00. The lowest BCUT2D eigenvalue weighted by Gasteiger charge is -2.53. The van der Waals surface area contributed by atoms with Crippen LogP contribution in [-0.2, 0) is 19.1 Å². The Labute approximate surface area is 229 Å². The van der Waals surface area contributed by atoms with E-state index in [1.54, 1.807) is 25.7 Å². The van der Waals surface area contributed by atoms with Crippen LogP contribution in [0.2, 0.25) is 0 Å². The van der Waals surface area contributed by atoms with E-state index in [9.17, 15) is 24.3 Å². The van der Waals surface area contributed by atoms with Gasteiger partial charge in [-0.1, -0.05) is 11.1 Å². The van der Waals surface area contributed by atoms with Gasteiger partial charge in [0.2, 0.25) is 11.8 Å². The van der Waals surface area contributed by atoms with Crippen molar-refractivity contribution in [1.82, 2.24) is 30.9 Å². The van der Waals surface area contributed by atoms with Gasteiger partial charge in [0.05, 0.1) is 6.20 Å². The number of carboxylic acids is 1. The Hall–Kier alpha value is -2.74. The number of rotatable bonds is 9. The molecule has 1 aromatic rings. The SMILES string of the molecule is CC(C)(C)OC(=O)NCC1=C(CC(=O)NC2C(=O)N3CC(CSc4cn[nH]n4)(C(=O)O)CS[C@H]23)CCCC1. The zero-order chi connectivity index (χ0) is 27.5. The van der Waals surface area contributed by atoms with Crippen molar-refractivity contribution < 1.29 is 29.0 Å². The molecule has 0 radical (unpaired) electrons. The van der Waals surface area contributed by atoms with Crippen LogP contribution in [0, 0.1) is 5.41 Å². The summed E-state index contributed by atoms with van der Waals surface area (Å²) in [5.41, 5.74) is 0.313. The van der Waals surface area contributed by atoms with E-state index in [1.165, 1.54) is 29.7 Å². The third-order valence-electron chi connectivity index (χ3n) is 6.73. The Morgan fingerprint density at radius 1 is 1.29 bits per heavy atom. The second-order valence-corrected chi connectivity index (χ2v) is 12.9. The minimum Gasteiger partial charge on any atom is -0.481 e. The van der Waals surface area contributed by atoms with Gasteiger partial charge in [-0.05, 0) is 46.5 Å². The molecule has 0 aromatic carbocycles. The molecule has 12 nitrogen and oxygen atoms in total. The number of aromatic amines is 1. The van der Waals surface area contributed by atoms with Crippen LogP contribution in [0.15, 0.2) is 22.4 Å². The summed E-state index contributed by atoms with van der Waals surface area (Å²) in [4.78, 5) is 51.6. The van der Waals surface area contributed by atoms with E-state index in [2.05, 4.69) is 26.0 Å². The first-order valence-corrected chi connectivity index (χ1v) is 14.6. The Morgan fingerprint density at radius 3 is 2.68 bits per heavy atom. The largest absolute Gasteiger partial charge is 0.481 e. The molecule has 3 aliphatic rings. The highest BCUT2D eigenvalue weighted by atomic mass is 32.2. The van der Waals surface area contributed by atoms with Crippen LogP contribution in [0.25, 0.3) is 0 Å². The van der Waals surface area contributed by atoms with Crippen LogP contribution in [0.4, 0.5) is 4.79 Å². The van der Waals surface area contributed by atoms with Crippen molar-refractivity contribution in [3.8, 4) is 0 Å². The number of hydrogen-bond donors (Lipinski definition) is 4. The van der Waals surface area contributed by atoms with Crippen molar-refractivity contribution in [3.05, 3.63) is 17.3 Å². The highest BCUT2D eigenvalue weighted by Gasteiger charge is 2.57. The second-order valence-electron chi connectivity index (χ2n) is 10.8. The van der Waals surface area contributed by atoms with Crippen LogP contribution in [0.3, 0.4) is 0 Å². The molecule has 4 rings (SSSR count). The minimum absolute atomic E-state index is 0.0850. The Balaban J connectivity index is 1.31. The van der Waals surface area contributed by atoms with E-state index in [1.807, 2.05) is 0 Å². The molecule has 0 bridgehead atoms. The fourth-order valence-corrected chi connectivity index (χ4v) is 7.39. The average molecular weight is 567 g/mol. The van der Waals surface area contributed by atoms with Crippen molar-refractivity contribution in [3.63, 3.8) is 0 Å². The molecule has 208 valence electrons. The molecule has 4 N–H and O–H groups in total. The molecular formula is C24H34N6O6S2. The predicted octanol–water partition coefficient (Wildman–Crippen LogP) is 2.15. The average Bonchev–Trinajstić information content (AvgIpc) is 3.38. The number of nitrogens with zero attached hydrogens (tertiary/aromatic N) is 3. The first kappa shape index (κ1) is 28.3. The summed E-state index contributed by atoms with van der Waals surface area (Å²) in [7, 11) is 0. The summed E-state index contributed by atoms with van der Waals surface area (Å²) >= 11 is 2.66. The first-order chi connectivity index (χ1) is 18.0. The topological polar surface area (TPSA) is 167 Å². The number of alkyl carbamates (subject to hydrolysis) is 1. The molecule has 1 aliphatic carbocycles. The molecule has 14 heteroatoms. The summed E-state index contributed by atoms with van der Waals surface area (Å²) in [6, 6.07) is -0.671. The number of fused-ring (bicyclic) bond motifs is 1. The molecule has 38 heavy (non-hydrogen) atoms. The number of carboxylic acid groups (broad SMARTS) is 1. The van der Waals surface area contributed by atoms with Gasteiger partial charge in [-0.3, -0.25) is 14.4 Å². The van der Waals surface area contributed by atoms with Crippen LogP contribution in [0.1, 0.15) is 52.9 Å². The zero-order valence-corrected chi connectivity index (χ0v) is 23.4. The smallest absolute Gasteiger partial charge is 0.407 e. The lowest BCUT2D eigenvalue weighted by Crippen LogP contribution is -2.74. The Bertz CT molecular complexity index is 1100. The lowest BCUT2D eigenvalue weighted by molar-refractivity contribution is -0.157. The molecule has 3 heterocycles. The van der Waals surface area contributed by atoms with Crippen LogP contribution >= 0.6 is 23.5 Å². The number of thioether (sulfide) groups is 2. The minimum atomic E-state index is -1.11. The van der Waals surface area contributed by atoms with Gasteiger partial charge in [0.25, 0.3) is 0 Å². The number of β-lactam (4-membered cyclic amide) rings is 1. The number of aliphatic carboxylic acids is 1. The van der Waals surface area contributed by atoms with Crippen molar-refractivity contribution in [1.29, 1.82) is 0 Å². The quantitative estimate of drug-likeness (QED) is 0.198. The summed E-state index contributed by atoms with van der Waals surface area (Å²) in [5, 5.41) is 26.1. The van der Waals surface area contributed by atoms with E-state index < -0.39 is 29.1 Å². The molecule has 2 fully saturated rings. The zero-order valence-electron chi connectivity index (χ0n) is 21.7. The Morgan fingerprint density at radius 2 is 2.03 bits per heavy atom. The number of hydrogen-bond acceptors (Lipinski definition) is 9. The van der Waals surface area contributed by atoms with Gasteiger partial charge in [0, 0.05) is 31.0 Å². The number of carbonyl (C=O) groups excluding carboxylic acids is 3. The second kappa shape index (κ2) is 11.6. The van der Waals surface area contributed by atoms with Crippen molar-refractivity contribution >= 4 is 47.4 Å². The van der Waals surface area contributed by atoms with Crippen LogP contribution in [-0.4, -0.2) is 90.9 Å². The number of nitrogens with one attached hydrogen (secondary N) is 3. The molecule has 3 atom stereocenters. The molecule has 3 amide bonds. The summed E-state index contributed by atoms with van der Waals surface area (Å²) in [5.74, 6) is -0.899. The summed E-state index contributed by atoms with van der Waals surface area (Å²) in [6.07, 6.45) is 4.73. The molecular weight excluding hydrogens is 532 g/mol. The fourth-order valence-electron chi connectivity index (χ4n) is 4.75. The molecule has 2 aliphatic heterocycles. The van der Waals surface area contributed by atoms with E-state index >= 15 is 0 Å². The molecule has 1 aromatic heterocycles. The van der Waals surface area contributed by atoms with Crippen molar-refractivity contribution in [2.24, 2.45) is 5.41 Å². The lowest BCUT2D eigenvalue weighted by atomic mass is 9.88. The maximum absolute atomic E-state index is 12.9. The van der Waals surface area contributed by atoms with Crippen molar-refractivity contribution in [2.45, 2.75) is 74.9 Å². The number of carbonyl (C=O) groups is 4. The number of amides is 3. The van der Waals surface area contributed by atoms with Crippen LogP contribution in [0.5, 0.6) is 0 Å². The Kier molecular flexibility index (Phi) is 8.60. The van der Waals surface area contributed by atoms with Gasteiger partial charge < -0.3 is 25.4 Å². The van der Waals surface area contributed by atoms with Crippen molar-refractivity contribution in [2.75, 3.05) is 24.6 Å². The predicted molar refractivity (Wildman–Crippen MR) is 141 cm³/mol. The van der Waals surface area contributed by atoms with E-state index in [-0.39, 0.29) is 35.9 Å². The van der Waals surface area contributed by atoms with E-state index in [4.69, 9.17) is 4.74 Å². The highest BCUT2D eigenvalue weighted by Crippen LogP contribution is 2.44. The summed E-state index contributed by atoms with van der Waals surface area (Å²) in [6.45, 7) is 5.82. The normalized spacial score (nSPS) is 25.3. The number of H-pyrrole nitrogens is 1. The molecule has 2 saturated heterocycles. The fraction of sp³-hybridized carbons (Fsp3) is 0.667. The van der Waals surface area contributed by atoms with E-state index in [0.29, 0.717) is 17.3 Å². The molecule has 0 spiro atoms. The van der Waals surface area contributed by atoms with Gasteiger partial charge >= 0.3 is 12.1 Å². The monoisotopic (exact) mass is 566 g/mol. The molecule has 2 unspecified atom stereocenters.